The average molecular weight is 564 g/mol. The van der Waals surface area contributed by atoms with E-state index >= 15 is 0 Å². The van der Waals surface area contributed by atoms with Crippen molar-refractivity contribution < 1.29 is 40.6 Å². The van der Waals surface area contributed by atoms with Crippen molar-refractivity contribution in [3.05, 3.63) is 120 Å². The van der Waals surface area contributed by atoms with Crippen LogP contribution >= 0.6 is 0 Å². The molecule has 0 saturated heterocycles. The zero-order valence-corrected chi connectivity index (χ0v) is 20.9. The number of benzene rings is 4. The van der Waals surface area contributed by atoms with Crippen LogP contribution in [-0.2, 0) is 28.0 Å². The van der Waals surface area contributed by atoms with Gasteiger partial charge in [-0.15, -0.1) is 0 Å². The van der Waals surface area contributed by atoms with Gasteiger partial charge in [0.1, 0.15) is 19.0 Å². The van der Waals surface area contributed by atoms with Crippen molar-refractivity contribution in [1.29, 1.82) is 0 Å². The van der Waals surface area contributed by atoms with Gasteiger partial charge in [-0.3, -0.25) is 0 Å². The zero-order chi connectivity index (χ0) is 28.0. The van der Waals surface area contributed by atoms with E-state index in [4.69, 9.17) is 9.47 Å². The van der Waals surface area contributed by atoms with Crippen LogP contribution in [0.5, 0.6) is 5.75 Å². The van der Waals surface area contributed by atoms with E-state index in [1.165, 1.54) is 0 Å². The topological polar surface area (TPSA) is 35.5 Å². The summed E-state index contributed by atoms with van der Waals surface area (Å²) in [6.45, 7) is -0.827. The fourth-order valence-electron chi connectivity index (χ4n) is 3.66. The Kier molecular flexibility index (Phi) is 8.54. The second kappa shape index (κ2) is 11.9. The van der Waals surface area contributed by atoms with Crippen LogP contribution in [0.2, 0.25) is 0 Å². The molecule has 39 heavy (non-hydrogen) atoms. The Morgan fingerprint density at radius 1 is 0.615 bits per heavy atom. The molecule has 4 aromatic carbocycles. The minimum Gasteiger partial charge on any atom is -0.490 e. The number of hydrogen-bond donors (Lipinski definition) is 0. The molecular formula is C29H21F6O3S+. The number of halogens is 6. The first-order chi connectivity index (χ1) is 18.5. The Bertz CT molecular complexity index is 1330. The number of carbonyl (C=O) groups is 1. The molecule has 0 aliphatic rings. The largest absolute Gasteiger partial charge is 0.490 e. The fourth-order valence-corrected chi connectivity index (χ4v) is 5.79. The second-order valence-electron chi connectivity index (χ2n) is 8.19. The van der Waals surface area contributed by atoms with Crippen molar-refractivity contribution in [2.45, 2.75) is 27.0 Å². The van der Waals surface area contributed by atoms with Crippen molar-refractivity contribution >= 4 is 16.9 Å². The van der Waals surface area contributed by atoms with Gasteiger partial charge in [-0.2, -0.15) is 26.3 Å². The number of esters is 1. The Labute approximate surface area is 223 Å². The molecule has 0 heterocycles. The summed E-state index contributed by atoms with van der Waals surface area (Å²) >= 11 is 0. The summed E-state index contributed by atoms with van der Waals surface area (Å²) in [4.78, 5) is 15.7. The van der Waals surface area contributed by atoms with Gasteiger partial charge in [-0.05, 0) is 54.6 Å². The third-order valence-corrected chi connectivity index (χ3v) is 7.62. The van der Waals surface area contributed by atoms with E-state index in [1.807, 2.05) is 66.7 Å². The number of rotatable bonds is 8. The highest BCUT2D eigenvalue weighted by molar-refractivity contribution is 7.97. The van der Waals surface area contributed by atoms with E-state index in [1.54, 1.807) is 18.2 Å². The maximum Gasteiger partial charge on any atom is 0.416 e. The number of carbonyl (C=O) groups excluding carboxylic acids is 1. The van der Waals surface area contributed by atoms with Crippen molar-refractivity contribution in [3.8, 4) is 5.75 Å². The minimum atomic E-state index is -4.99. The molecule has 0 aliphatic heterocycles. The predicted octanol–water partition coefficient (Wildman–Crippen LogP) is 8.06. The maximum atomic E-state index is 13.0. The first-order valence-corrected chi connectivity index (χ1v) is 12.8. The van der Waals surface area contributed by atoms with Gasteiger partial charge in [-0.1, -0.05) is 42.5 Å². The summed E-state index contributed by atoms with van der Waals surface area (Å²) in [6, 6.07) is 27.4. The van der Waals surface area contributed by atoms with Crippen LogP contribution in [0.25, 0.3) is 0 Å². The van der Waals surface area contributed by atoms with Crippen LogP contribution < -0.4 is 4.74 Å². The summed E-state index contributed by atoms with van der Waals surface area (Å²) < 4.78 is 88.4. The highest BCUT2D eigenvalue weighted by Crippen LogP contribution is 2.38. The lowest BCUT2D eigenvalue weighted by atomic mass is 10.1. The van der Waals surface area contributed by atoms with E-state index in [0.717, 1.165) is 14.7 Å². The Balaban J connectivity index is 1.45. The van der Waals surface area contributed by atoms with E-state index in [2.05, 4.69) is 0 Å². The summed E-state index contributed by atoms with van der Waals surface area (Å²) in [6.07, 6.45) is -9.98. The van der Waals surface area contributed by atoms with E-state index in [0.29, 0.717) is 12.1 Å². The summed E-state index contributed by atoms with van der Waals surface area (Å²) in [5.74, 6) is -1.34. The molecule has 0 aliphatic carbocycles. The summed E-state index contributed by atoms with van der Waals surface area (Å²) in [5.41, 5.74) is -2.74. The lowest BCUT2D eigenvalue weighted by Gasteiger charge is -2.15. The van der Waals surface area contributed by atoms with Crippen LogP contribution in [0.4, 0.5) is 26.3 Å². The number of hydrogen-bond acceptors (Lipinski definition) is 3. The molecule has 0 amide bonds. The van der Waals surface area contributed by atoms with Crippen LogP contribution in [0.1, 0.15) is 21.5 Å². The normalized spacial score (nSPS) is 11.9. The number of ether oxygens (including phenoxy) is 2. The number of alkyl halides is 6. The van der Waals surface area contributed by atoms with Crippen LogP contribution in [-0.4, -0.2) is 19.2 Å². The monoisotopic (exact) mass is 563 g/mol. The molecule has 0 N–H and O–H groups in total. The maximum absolute atomic E-state index is 13.0. The first kappa shape index (κ1) is 28.1. The summed E-state index contributed by atoms with van der Waals surface area (Å²) in [5, 5.41) is 0. The van der Waals surface area contributed by atoms with Crippen LogP contribution in [0.3, 0.4) is 0 Å². The molecule has 10 heteroatoms. The van der Waals surface area contributed by atoms with Gasteiger partial charge in [0.2, 0.25) is 0 Å². The van der Waals surface area contributed by atoms with Gasteiger partial charge in [0.25, 0.3) is 0 Å². The Hall–Kier alpha value is -3.92. The van der Waals surface area contributed by atoms with Crippen molar-refractivity contribution in [2.24, 2.45) is 0 Å². The molecule has 0 fully saturated rings. The molecule has 0 unspecified atom stereocenters. The van der Waals surface area contributed by atoms with Gasteiger partial charge in [0, 0.05) is 6.07 Å². The molecule has 4 rings (SSSR count). The molecule has 202 valence electrons. The van der Waals surface area contributed by atoms with Gasteiger partial charge < -0.3 is 9.47 Å². The smallest absolute Gasteiger partial charge is 0.416 e. The van der Waals surface area contributed by atoms with Gasteiger partial charge >= 0.3 is 18.3 Å². The fraction of sp³-hybridized carbons (Fsp3) is 0.138. The van der Waals surface area contributed by atoms with Crippen molar-refractivity contribution in [1.82, 2.24) is 0 Å². The molecule has 3 nitrogen and oxygen atoms in total. The third kappa shape index (κ3) is 7.35. The lowest BCUT2D eigenvalue weighted by Crippen LogP contribution is -2.15. The predicted molar refractivity (Wildman–Crippen MR) is 134 cm³/mol. The average Bonchev–Trinajstić information content (AvgIpc) is 2.91. The second-order valence-corrected chi connectivity index (χ2v) is 10.2. The third-order valence-electron chi connectivity index (χ3n) is 5.41. The molecule has 0 aromatic heterocycles. The molecular weight excluding hydrogens is 542 g/mol. The Morgan fingerprint density at radius 2 is 1.13 bits per heavy atom. The quantitative estimate of drug-likeness (QED) is 0.0942. The summed E-state index contributed by atoms with van der Waals surface area (Å²) in [7, 11) is -0.509. The van der Waals surface area contributed by atoms with E-state index in [9.17, 15) is 31.1 Å². The van der Waals surface area contributed by atoms with Crippen molar-refractivity contribution in [2.75, 3.05) is 13.2 Å². The minimum absolute atomic E-state index is 0.0126. The highest BCUT2D eigenvalue weighted by Gasteiger charge is 2.37. The molecule has 0 radical (unpaired) electrons. The van der Waals surface area contributed by atoms with Crippen molar-refractivity contribution in [3.63, 3.8) is 0 Å². The molecule has 0 spiro atoms. The van der Waals surface area contributed by atoms with E-state index in [-0.39, 0.29) is 18.2 Å². The SMILES string of the molecule is O=C(OCCOc1cc(C(F)(F)F)cc(C(F)(F)F)c1)c1cccc([S+](c2ccccc2)c2ccccc2)c1. The lowest BCUT2D eigenvalue weighted by molar-refractivity contribution is -0.143. The van der Waals surface area contributed by atoms with Crippen LogP contribution in [0, 0.1) is 0 Å². The van der Waals surface area contributed by atoms with Gasteiger partial charge in [0.05, 0.1) is 27.6 Å². The zero-order valence-electron chi connectivity index (χ0n) is 20.1. The van der Waals surface area contributed by atoms with Gasteiger partial charge in [0.15, 0.2) is 14.7 Å². The van der Waals surface area contributed by atoms with Crippen LogP contribution in [0.15, 0.2) is 118 Å². The molecule has 4 aromatic rings. The first-order valence-electron chi connectivity index (χ1n) is 11.6. The van der Waals surface area contributed by atoms with Gasteiger partial charge in [-0.25, -0.2) is 4.79 Å². The molecule has 0 saturated carbocycles. The molecule has 0 atom stereocenters. The highest BCUT2D eigenvalue weighted by atomic mass is 32.2. The Morgan fingerprint density at radius 3 is 1.64 bits per heavy atom. The van der Waals surface area contributed by atoms with E-state index < -0.39 is 52.7 Å². The molecule has 0 bridgehead atoms. The standard InChI is InChI=1S/C29H21F6O3S/c30-28(31,32)21-17-22(29(33,34)35)19-23(18-21)37-14-15-38-27(36)20-8-7-13-26(16-20)39(24-9-3-1-4-10-24)25-11-5-2-6-12-25/h1-13,16-19H,14-15H2/q+1.